The Kier molecular flexibility index (Phi) is 4.16. The lowest BCUT2D eigenvalue weighted by atomic mass is 9.94. The van der Waals surface area contributed by atoms with E-state index in [1.807, 2.05) is 23.1 Å². The van der Waals surface area contributed by atoms with Crippen molar-refractivity contribution in [3.05, 3.63) is 30.1 Å². The average molecular weight is 300 g/mol. The lowest BCUT2D eigenvalue weighted by molar-refractivity contribution is -0.130. The molecule has 0 unspecified atom stereocenters. The van der Waals surface area contributed by atoms with Crippen LogP contribution in [0.3, 0.4) is 0 Å². The van der Waals surface area contributed by atoms with Crippen LogP contribution in [0, 0.1) is 5.92 Å². The number of likely N-dealkylation sites (tertiary alicyclic amines) is 1. The Bertz CT molecular complexity index is 678. The summed E-state index contributed by atoms with van der Waals surface area (Å²) < 4.78 is 2.15. The van der Waals surface area contributed by atoms with Crippen LogP contribution in [0.1, 0.15) is 26.1 Å². The molecule has 1 aliphatic rings. The molecule has 22 heavy (non-hydrogen) atoms. The van der Waals surface area contributed by atoms with E-state index in [1.54, 1.807) is 6.92 Å². The molecule has 1 aliphatic heterocycles. The molecule has 2 aromatic rings. The first-order valence-electron chi connectivity index (χ1n) is 7.95. The number of imidazole rings is 1. The smallest absolute Gasteiger partial charge is 0.219 e. The number of nitrogens with zero attached hydrogens (tertiary/aromatic N) is 3. The van der Waals surface area contributed by atoms with Gasteiger partial charge >= 0.3 is 0 Å². The molecular weight excluding hydrogens is 276 g/mol. The maximum atomic E-state index is 11.5. The van der Waals surface area contributed by atoms with E-state index in [9.17, 15) is 4.79 Å². The summed E-state index contributed by atoms with van der Waals surface area (Å²) in [6, 6.07) is 8.65. The number of aryl methyl sites for hydroxylation is 1. The van der Waals surface area contributed by atoms with E-state index in [-0.39, 0.29) is 5.91 Å². The van der Waals surface area contributed by atoms with Crippen LogP contribution in [0.2, 0.25) is 0 Å². The topological polar surface area (TPSA) is 50.2 Å². The van der Waals surface area contributed by atoms with Crippen LogP contribution in [-0.2, 0) is 18.4 Å². The highest BCUT2D eigenvalue weighted by Crippen LogP contribution is 2.18. The van der Waals surface area contributed by atoms with Gasteiger partial charge < -0.3 is 14.8 Å². The van der Waals surface area contributed by atoms with E-state index in [4.69, 9.17) is 4.98 Å². The Balaban J connectivity index is 1.65. The van der Waals surface area contributed by atoms with Crippen LogP contribution in [0.4, 0.5) is 0 Å². The number of amides is 1. The number of para-hydroxylation sites is 2. The number of piperidine rings is 1. The standard InChI is InChI=1S/C17H24N4O/c1-12-11-21(13(2)22)9-8-14(12)18-10-17-19-15-6-4-5-7-16(15)20(17)3/h4-7,12,14,18H,8-11H2,1-3H3/t12-,14-/m1/s1. The van der Waals surface area contributed by atoms with Crippen LogP contribution >= 0.6 is 0 Å². The molecule has 0 spiro atoms. The van der Waals surface area contributed by atoms with Crippen molar-refractivity contribution in [3.63, 3.8) is 0 Å². The van der Waals surface area contributed by atoms with Crippen molar-refractivity contribution < 1.29 is 4.79 Å². The van der Waals surface area contributed by atoms with E-state index in [2.05, 4.69) is 29.9 Å². The summed E-state index contributed by atoms with van der Waals surface area (Å²) in [6.45, 7) is 6.32. The van der Waals surface area contributed by atoms with Crippen LogP contribution in [0.25, 0.3) is 11.0 Å². The van der Waals surface area contributed by atoms with Crippen LogP contribution in [0.15, 0.2) is 24.3 Å². The molecule has 1 aromatic heterocycles. The zero-order chi connectivity index (χ0) is 15.7. The Morgan fingerprint density at radius 3 is 2.86 bits per heavy atom. The summed E-state index contributed by atoms with van der Waals surface area (Å²) in [5.41, 5.74) is 2.21. The van der Waals surface area contributed by atoms with Gasteiger partial charge in [-0.3, -0.25) is 4.79 Å². The fourth-order valence-electron chi connectivity index (χ4n) is 3.31. The SMILES string of the molecule is CC(=O)N1CC[C@@H](NCc2nc3ccccc3n2C)[C@H](C)C1. The molecule has 118 valence electrons. The number of hydrogen-bond acceptors (Lipinski definition) is 3. The molecule has 0 radical (unpaired) electrons. The molecule has 1 fully saturated rings. The maximum Gasteiger partial charge on any atom is 0.219 e. The predicted octanol–water partition coefficient (Wildman–Crippen LogP) is 1.92. The van der Waals surface area contributed by atoms with Crippen molar-refractivity contribution in [1.82, 2.24) is 19.8 Å². The van der Waals surface area contributed by atoms with Crippen molar-refractivity contribution in [2.75, 3.05) is 13.1 Å². The number of rotatable bonds is 3. The van der Waals surface area contributed by atoms with Crippen LogP contribution in [0.5, 0.6) is 0 Å². The van der Waals surface area contributed by atoms with Gasteiger partial charge in [-0.2, -0.15) is 0 Å². The van der Waals surface area contributed by atoms with E-state index >= 15 is 0 Å². The van der Waals surface area contributed by atoms with Gasteiger partial charge in [0.25, 0.3) is 0 Å². The summed E-state index contributed by atoms with van der Waals surface area (Å²) in [5.74, 6) is 1.70. The number of carbonyl (C=O) groups excluding carboxylic acids is 1. The third kappa shape index (κ3) is 2.86. The number of benzene rings is 1. The van der Waals surface area contributed by atoms with E-state index < -0.39 is 0 Å². The molecule has 1 amide bonds. The molecule has 1 saturated heterocycles. The first-order chi connectivity index (χ1) is 10.6. The van der Waals surface area contributed by atoms with Gasteiger partial charge in [-0.05, 0) is 24.5 Å². The molecule has 0 aliphatic carbocycles. The molecule has 1 aromatic carbocycles. The normalized spacial score (nSPS) is 22.2. The summed E-state index contributed by atoms with van der Waals surface area (Å²) >= 11 is 0. The van der Waals surface area contributed by atoms with Crippen LogP contribution in [-0.4, -0.2) is 39.5 Å². The van der Waals surface area contributed by atoms with Gasteiger partial charge in [-0.25, -0.2) is 4.98 Å². The Morgan fingerprint density at radius 1 is 1.41 bits per heavy atom. The Hall–Kier alpha value is -1.88. The number of carbonyl (C=O) groups is 1. The first kappa shape index (κ1) is 15.0. The minimum atomic E-state index is 0.181. The molecule has 0 saturated carbocycles. The molecular formula is C17H24N4O. The first-order valence-corrected chi connectivity index (χ1v) is 7.95. The highest BCUT2D eigenvalue weighted by molar-refractivity contribution is 5.75. The van der Waals surface area contributed by atoms with Crippen LogP contribution < -0.4 is 5.32 Å². The summed E-state index contributed by atoms with van der Waals surface area (Å²) in [5, 5.41) is 3.63. The molecule has 3 rings (SSSR count). The minimum absolute atomic E-state index is 0.181. The molecule has 5 nitrogen and oxygen atoms in total. The molecule has 2 heterocycles. The minimum Gasteiger partial charge on any atom is -0.343 e. The second-order valence-electron chi connectivity index (χ2n) is 6.29. The lowest BCUT2D eigenvalue weighted by Gasteiger charge is -2.37. The van der Waals surface area contributed by atoms with E-state index in [0.717, 1.165) is 37.4 Å². The largest absolute Gasteiger partial charge is 0.343 e. The highest BCUT2D eigenvalue weighted by Gasteiger charge is 2.27. The third-order valence-corrected chi connectivity index (χ3v) is 4.75. The van der Waals surface area contributed by atoms with Gasteiger partial charge in [0, 0.05) is 33.1 Å². The van der Waals surface area contributed by atoms with Crippen molar-refractivity contribution in [2.24, 2.45) is 13.0 Å². The van der Waals surface area contributed by atoms with Gasteiger partial charge in [-0.1, -0.05) is 19.1 Å². The summed E-state index contributed by atoms with van der Waals surface area (Å²) in [7, 11) is 2.06. The summed E-state index contributed by atoms with van der Waals surface area (Å²) in [4.78, 5) is 18.1. The second-order valence-corrected chi connectivity index (χ2v) is 6.29. The zero-order valence-electron chi connectivity index (χ0n) is 13.5. The molecule has 2 atom stereocenters. The Labute approximate surface area is 131 Å². The fraction of sp³-hybridized carbons (Fsp3) is 0.529. The second kappa shape index (κ2) is 6.08. The highest BCUT2D eigenvalue weighted by atomic mass is 16.2. The van der Waals surface area contributed by atoms with Crippen molar-refractivity contribution in [2.45, 2.75) is 32.9 Å². The van der Waals surface area contributed by atoms with Gasteiger partial charge in [-0.15, -0.1) is 0 Å². The fourth-order valence-corrected chi connectivity index (χ4v) is 3.31. The number of aromatic nitrogens is 2. The lowest BCUT2D eigenvalue weighted by Crippen LogP contribution is -2.49. The van der Waals surface area contributed by atoms with Gasteiger partial charge in [0.1, 0.15) is 5.82 Å². The zero-order valence-corrected chi connectivity index (χ0v) is 13.5. The van der Waals surface area contributed by atoms with Gasteiger partial charge in [0.15, 0.2) is 0 Å². The van der Waals surface area contributed by atoms with Gasteiger partial charge in [0.05, 0.1) is 17.6 Å². The monoisotopic (exact) mass is 300 g/mol. The average Bonchev–Trinajstić information content (AvgIpc) is 2.83. The molecule has 0 bridgehead atoms. The van der Waals surface area contributed by atoms with Gasteiger partial charge in [0.2, 0.25) is 5.91 Å². The number of fused-ring (bicyclic) bond motifs is 1. The van der Waals surface area contributed by atoms with Crippen molar-refractivity contribution >= 4 is 16.9 Å². The third-order valence-electron chi connectivity index (χ3n) is 4.75. The predicted molar refractivity (Wildman–Crippen MR) is 87.4 cm³/mol. The molecule has 1 N–H and O–H groups in total. The van der Waals surface area contributed by atoms with Crippen molar-refractivity contribution in [1.29, 1.82) is 0 Å². The quantitative estimate of drug-likeness (QED) is 0.942. The number of nitrogens with one attached hydrogen (secondary N) is 1. The Morgan fingerprint density at radius 2 is 2.18 bits per heavy atom. The van der Waals surface area contributed by atoms with E-state index in [1.165, 1.54) is 5.52 Å². The van der Waals surface area contributed by atoms with Crippen molar-refractivity contribution in [3.8, 4) is 0 Å². The maximum absolute atomic E-state index is 11.5. The number of hydrogen-bond donors (Lipinski definition) is 1. The van der Waals surface area contributed by atoms with E-state index in [0.29, 0.717) is 12.0 Å². The molecule has 5 heteroatoms. The summed E-state index contributed by atoms with van der Waals surface area (Å²) in [6.07, 6.45) is 1.00.